The topological polar surface area (TPSA) is 105 Å². The Balaban J connectivity index is 0.000000396. The Kier molecular flexibility index (Phi) is 8.39. The van der Waals surface area contributed by atoms with E-state index in [1.54, 1.807) is 24.4 Å². The number of aryl methyl sites for hydroxylation is 1. The SMILES string of the molecule is CC1CCCNC1.CCc1[nH]nc2nccc(Oc3ccc(C(=O)Nc4ncc(C(F)(F)F)s4)cc3)c12. The molecule has 37 heavy (non-hydrogen) atoms. The van der Waals surface area contributed by atoms with Crippen LogP contribution in [0.3, 0.4) is 0 Å². The lowest BCUT2D eigenvalue weighted by molar-refractivity contribution is -0.134. The molecular weight excluding hydrogens is 505 g/mol. The molecule has 12 heteroatoms. The molecule has 0 aliphatic carbocycles. The highest BCUT2D eigenvalue weighted by molar-refractivity contribution is 7.15. The van der Waals surface area contributed by atoms with E-state index in [-0.39, 0.29) is 10.7 Å². The Labute approximate surface area is 215 Å². The number of halogens is 3. The van der Waals surface area contributed by atoms with Gasteiger partial charge in [0.15, 0.2) is 10.8 Å². The van der Waals surface area contributed by atoms with Crippen molar-refractivity contribution in [1.82, 2.24) is 25.5 Å². The molecule has 3 aromatic heterocycles. The molecule has 1 fully saturated rings. The lowest BCUT2D eigenvalue weighted by Gasteiger charge is -2.17. The fourth-order valence-electron chi connectivity index (χ4n) is 3.78. The number of amides is 1. The summed E-state index contributed by atoms with van der Waals surface area (Å²) in [4.78, 5) is 19.2. The van der Waals surface area contributed by atoms with Crippen molar-refractivity contribution in [2.75, 3.05) is 18.4 Å². The number of alkyl halides is 3. The molecule has 1 aromatic carbocycles. The summed E-state index contributed by atoms with van der Waals surface area (Å²) in [7, 11) is 0. The number of aromatic nitrogens is 4. The molecule has 4 aromatic rings. The monoisotopic (exact) mass is 532 g/mol. The fraction of sp³-hybridized carbons (Fsp3) is 0.360. The van der Waals surface area contributed by atoms with Gasteiger partial charge in [0.1, 0.15) is 16.4 Å². The van der Waals surface area contributed by atoms with Crippen molar-refractivity contribution in [1.29, 1.82) is 0 Å². The smallest absolute Gasteiger partial charge is 0.427 e. The lowest BCUT2D eigenvalue weighted by atomic mass is 10.0. The number of nitrogens with one attached hydrogen (secondary N) is 3. The summed E-state index contributed by atoms with van der Waals surface area (Å²) in [5, 5.41) is 13.4. The number of carbonyl (C=O) groups is 1. The number of hydrogen-bond acceptors (Lipinski definition) is 7. The molecule has 1 aliphatic rings. The average molecular weight is 533 g/mol. The van der Waals surface area contributed by atoms with Gasteiger partial charge in [-0.1, -0.05) is 25.2 Å². The Morgan fingerprint density at radius 1 is 1.22 bits per heavy atom. The highest BCUT2D eigenvalue weighted by Gasteiger charge is 2.33. The van der Waals surface area contributed by atoms with E-state index < -0.39 is 17.0 Å². The number of benzene rings is 1. The van der Waals surface area contributed by atoms with Crippen molar-refractivity contribution in [2.24, 2.45) is 5.92 Å². The van der Waals surface area contributed by atoms with E-state index in [4.69, 9.17) is 4.74 Å². The first-order valence-corrected chi connectivity index (χ1v) is 12.7. The Bertz CT molecular complexity index is 1330. The average Bonchev–Trinajstić information content (AvgIpc) is 3.53. The van der Waals surface area contributed by atoms with E-state index >= 15 is 0 Å². The molecule has 196 valence electrons. The standard InChI is InChI=1S/C19H14F3N5O2S.C6H13N/c1-2-12-15-13(7-8-23-16(15)27-26-12)29-11-5-3-10(4-6-11)17(28)25-18-24-9-14(30-18)19(20,21)22;1-6-3-2-4-7-5-6/h3-9H,2H2,1H3,(H,23,26,27)(H,24,25,28);6-7H,2-5H2,1H3. The van der Waals surface area contributed by atoms with E-state index in [0.717, 1.165) is 23.4 Å². The molecule has 0 saturated carbocycles. The molecule has 1 saturated heterocycles. The first-order chi connectivity index (χ1) is 17.7. The third-order valence-electron chi connectivity index (χ3n) is 5.74. The summed E-state index contributed by atoms with van der Waals surface area (Å²) in [6.45, 7) is 6.76. The Hall–Kier alpha value is -3.51. The van der Waals surface area contributed by atoms with Crippen molar-refractivity contribution >= 4 is 33.4 Å². The van der Waals surface area contributed by atoms with Crippen LogP contribution in [0.2, 0.25) is 0 Å². The highest BCUT2D eigenvalue weighted by atomic mass is 32.1. The van der Waals surface area contributed by atoms with Gasteiger partial charge in [-0.05, 0) is 68.6 Å². The molecule has 1 aliphatic heterocycles. The van der Waals surface area contributed by atoms with Crippen LogP contribution in [0.5, 0.6) is 11.5 Å². The molecule has 1 amide bonds. The van der Waals surface area contributed by atoms with Crippen LogP contribution in [0.25, 0.3) is 11.0 Å². The van der Waals surface area contributed by atoms with Gasteiger partial charge < -0.3 is 10.1 Å². The van der Waals surface area contributed by atoms with E-state index in [2.05, 4.69) is 37.7 Å². The number of hydrogen-bond donors (Lipinski definition) is 3. The lowest BCUT2D eigenvalue weighted by Crippen LogP contribution is -2.27. The number of anilines is 1. The quantitative estimate of drug-likeness (QED) is 0.289. The van der Waals surface area contributed by atoms with Gasteiger partial charge in [-0.25, -0.2) is 9.97 Å². The minimum Gasteiger partial charge on any atom is -0.456 e. The van der Waals surface area contributed by atoms with Gasteiger partial charge in [0.2, 0.25) is 0 Å². The number of aromatic amines is 1. The van der Waals surface area contributed by atoms with Gasteiger partial charge in [0.05, 0.1) is 11.6 Å². The summed E-state index contributed by atoms with van der Waals surface area (Å²) in [5.41, 5.74) is 1.69. The van der Waals surface area contributed by atoms with Gasteiger partial charge in [-0.15, -0.1) is 0 Å². The van der Waals surface area contributed by atoms with Crippen molar-refractivity contribution in [3.63, 3.8) is 0 Å². The van der Waals surface area contributed by atoms with Crippen LogP contribution < -0.4 is 15.4 Å². The Morgan fingerprint density at radius 3 is 2.59 bits per heavy atom. The maximum atomic E-state index is 12.6. The summed E-state index contributed by atoms with van der Waals surface area (Å²) < 4.78 is 43.8. The maximum Gasteiger partial charge on any atom is 0.427 e. The number of nitrogens with zero attached hydrogens (tertiary/aromatic N) is 3. The number of rotatable bonds is 5. The van der Waals surface area contributed by atoms with Gasteiger partial charge in [0, 0.05) is 17.5 Å². The van der Waals surface area contributed by atoms with Crippen molar-refractivity contribution in [2.45, 2.75) is 39.3 Å². The van der Waals surface area contributed by atoms with Crippen LogP contribution in [0.15, 0.2) is 42.7 Å². The second-order valence-electron chi connectivity index (χ2n) is 8.62. The third-order valence-corrected chi connectivity index (χ3v) is 6.70. The van der Waals surface area contributed by atoms with E-state index in [0.29, 0.717) is 34.7 Å². The minimum absolute atomic E-state index is 0.126. The first-order valence-electron chi connectivity index (χ1n) is 11.9. The molecule has 8 nitrogen and oxygen atoms in total. The predicted molar refractivity (Wildman–Crippen MR) is 136 cm³/mol. The first kappa shape index (κ1) is 26.6. The molecule has 0 spiro atoms. The fourth-order valence-corrected chi connectivity index (χ4v) is 4.46. The molecule has 4 heterocycles. The minimum atomic E-state index is -4.50. The maximum absolute atomic E-state index is 12.6. The predicted octanol–water partition coefficient (Wildman–Crippen LogP) is 6.05. The van der Waals surface area contributed by atoms with Crippen molar-refractivity contribution < 1.29 is 22.7 Å². The number of carbonyl (C=O) groups excluding carboxylic acids is 1. The number of fused-ring (bicyclic) bond motifs is 1. The number of thiazole rings is 1. The summed E-state index contributed by atoms with van der Waals surface area (Å²) in [6.07, 6.45) is 1.30. The second kappa shape index (κ2) is 11.7. The molecule has 1 unspecified atom stereocenters. The van der Waals surface area contributed by atoms with Crippen LogP contribution >= 0.6 is 11.3 Å². The van der Waals surface area contributed by atoms with E-state index in [9.17, 15) is 18.0 Å². The molecule has 0 radical (unpaired) electrons. The summed E-state index contributed by atoms with van der Waals surface area (Å²) >= 11 is 0.366. The van der Waals surface area contributed by atoms with Gasteiger partial charge in [-0.3, -0.25) is 15.2 Å². The van der Waals surface area contributed by atoms with Gasteiger partial charge in [0.25, 0.3) is 5.91 Å². The Morgan fingerprint density at radius 2 is 2.00 bits per heavy atom. The van der Waals surface area contributed by atoms with Crippen LogP contribution in [-0.2, 0) is 12.6 Å². The van der Waals surface area contributed by atoms with Crippen molar-refractivity contribution in [3.8, 4) is 11.5 Å². The number of pyridine rings is 1. The van der Waals surface area contributed by atoms with Crippen LogP contribution in [-0.4, -0.2) is 39.2 Å². The normalized spacial score (nSPS) is 15.6. The highest BCUT2D eigenvalue weighted by Crippen LogP contribution is 2.35. The van der Waals surface area contributed by atoms with Crippen LogP contribution in [0.1, 0.15) is 47.6 Å². The second-order valence-corrected chi connectivity index (χ2v) is 9.65. The molecular formula is C25H27F3N6O2S. The summed E-state index contributed by atoms with van der Waals surface area (Å²) in [5.74, 6) is 1.41. The number of piperidine rings is 1. The molecule has 0 bridgehead atoms. The number of ether oxygens (including phenoxy) is 1. The van der Waals surface area contributed by atoms with Gasteiger partial charge in [-0.2, -0.15) is 18.3 Å². The largest absolute Gasteiger partial charge is 0.456 e. The third kappa shape index (κ3) is 6.83. The molecule has 5 rings (SSSR count). The zero-order valence-corrected chi connectivity index (χ0v) is 21.2. The zero-order chi connectivity index (χ0) is 26.4. The molecule has 1 atom stereocenters. The summed E-state index contributed by atoms with van der Waals surface area (Å²) in [6, 6.07) is 7.93. The van der Waals surface area contributed by atoms with E-state index in [1.165, 1.54) is 38.1 Å². The van der Waals surface area contributed by atoms with Gasteiger partial charge >= 0.3 is 6.18 Å². The van der Waals surface area contributed by atoms with E-state index in [1.807, 2.05) is 6.92 Å². The number of H-pyrrole nitrogens is 1. The molecule has 3 N–H and O–H groups in total. The van der Waals surface area contributed by atoms with Crippen LogP contribution in [0.4, 0.5) is 18.3 Å². The van der Waals surface area contributed by atoms with Crippen molar-refractivity contribution in [3.05, 3.63) is 58.9 Å². The van der Waals surface area contributed by atoms with Crippen LogP contribution in [0, 0.1) is 5.92 Å². The zero-order valence-electron chi connectivity index (χ0n) is 20.4.